The molecule has 4 heterocycles. The molecule has 4 aliphatic carbocycles. The molecule has 10 heteroatoms. The molecule has 0 unspecified atom stereocenters. The number of epoxide rings is 1. The topological polar surface area (TPSA) is 141 Å². The zero-order chi connectivity index (χ0) is 31.5. The number of rotatable bonds is 6. The van der Waals surface area contributed by atoms with Gasteiger partial charge in [-0.1, -0.05) is 19.4 Å². The summed E-state index contributed by atoms with van der Waals surface area (Å²) < 4.78 is 23.3. The van der Waals surface area contributed by atoms with Crippen LogP contribution in [-0.4, -0.2) is 81.8 Å². The standard InChI is InChI=1S/C35H44N2O8/c1-17-9-27(44-32(41)22(17)14-38)18(2)23-5-6-24-20-11-29-35(45-29)28(39)10-21(26-12-37-30(13-36-26)43-19-15-42-16-19)31(40)34(35,4)25(20)7-8-33(23,24)3/h10,12-13,18-20,23-25,27-29,38-39H,5-9,11,14-16H2,1-4H3/t18-,20-,23+,24-,25-,27+,28-,29+,33+,34-,35+/m0/s1. The molecule has 7 aliphatic rings. The van der Waals surface area contributed by atoms with Crippen LogP contribution in [-0.2, 0) is 23.8 Å². The summed E-state index contributed by atoms with van der Waals surface area (Å²) in [6, 6.07) is 0. The fourth-order valence-electron chi connectivity index (χ4n) is 11.0. The molecule has 0 radical (unpaired) electrons. The molecule has 0 bridgehead atoms. The molecule has 2 N–H and O–H groups in total. The van der Waals surface area contributed by atoms with Gasteiger partial charge in [0, 0.05) is 12.0 Å². The minimum atomic E-state index is -0.906. The van der Waals surface area contributed by atoms with Gasteiger partial charge in [-0.15, -0.1) is 0 Å². The summed E-state index contributed by atoms with van der Waals surface area (Å²) in [5.74, 6) is 1.35. The maximum absolute atomic E-state index is 14.7. The number of allylic oxidation sites excluding steroid dienone is 1. The molecule has 0 amide bonds. The van der Waals surface area contributed by atoms with Crippen molar-refractivity contribution >= 4 is 17.3 Å². The molecule has 3 aliphatic heterocycles. The van der Waals surface area contributed by atoms with Crippen molar-refractivity contribution in [1.29, 1.82) is 0 Å². The average Bonchev–Trinajstić information content (AvgIpc) is 3.64. The maximum atomic E-state index is 14.7. The van der Waals surface area contributed by atoms with Gasteiger partial charge in [-0.3, -0.25) is 4.79 Å². The van der Waals surface area contributed by atoms with Gasteiger partial charge in [-0.25, -0.2) is 14.8 Å². The largest absolute Gasteiger partial charge is 0.468 e. The molecule has 1 spiro atoms. The molecule has 1 aromatic heterocycles. The van der Waals surface area contributed by atoms with Crippen molar-refractivity contribution in [1.82, 2.24) is 9.97 Å². The number of ether oxygens (including phenoxy) is 4. The monoisotopic (exact) mass is 620 g/mol. The predicted octanol–water partition coefficient (Wildman–Crippen LogP) is 3.45. The van der Waals surface area contributed by atoms with E-state index in [1.54, 1.807) is 18.5 Å². The third-order valence-electron chi connectivity index (χ3n) is 13.5. The molecule has 242 valence electrons. The molecule has 2 saturated heterocycles. The van der Waals surface area contributed by atoms with Crippen molar-refractivity contribution in [2.45, 2.75) is 96.2 Å². The van der Waals surface area contributed by atoms with Crippen molar-refractivity contribution in [3.05, 3.63) is 35.3 Å². The Labute approximate surface area is 263 Å². The molecule has 45 heavy (non-hydrogen) atoms. The number of cyclic esters (lactones) is 1. The van der Waals surface area contributed by atoms with Gasteiger partial charge in [0.1, 0.15) is 23.9 Å². The first-order valence-electron chi connectivity index (χ1n) is 16.7. The minimum absolute atomic E-state index is 0.0112. The summed E-state index contributed by atoms with van der Waals surface area (Å²) in [6.45, 7) is 9.39. The lowest BCUT2D eigenvalue weighted by molar-refractivity contribution is -0.155. The SMILES string of the molecule is CC1=C(CO)C(=O)O[C@@H]([C@@H](C)[C@H]2CC[C@H]3[C@@H]4C[C@H]5O[C@]56[C@@H](O)C=C(c5cnc(OC7COC7)cn5)C(=O)[C@]6(C)[C@H]4CC[C@]23C)C1. The molecular weight excluding hydrogens is 576 g/mol. The van der Waals surface area contributed by atoms with Crippen molar-refractivity contribution in [3.63, 3.8) is 0 Å². The highest BCUT2D eigenvalue weighted by Gasteiger charge is 2.81. The van der Waals surface area contributed by atoms with Crippen molar-refractivity contribution < 1.29 is 38.7 Å². The van der Waals surface area contributed by atoms with Crippen LogP contribution in [0.2, 0.25) is 0 Å². The maximum Gasteiger partial charge on any atom is 0.336 e. The Hall–Kier alpha value is -2.66. The zero-order valence-corrected chi connectivity index (χ0v) is 26.5. The van der Waals surface area contributed by atoms with E-state index in [0.29, 0.717) is 60.1 Å². The third-order valence-corrected chi connectivity index (χ3v) is 13.5. The second-order valence-electron chi connectivity index (χ2n) is 15.2. The second kappa shape index (κ2) is 10.2. The fraction of sp³-hybridized carbons (Fsp3) is 0.714. The Morgan fingerprint density at radius 3 is 2.58 bits per heavy atom. The first-order valence-corrected chi connectivity index (χ1v) is 16.7. The Morgan fingerprint density at radius 2 is 1.91 bits per heavy atom. The van der Waals surface area contributed by atoms with Gasteiger partial charge in [0.15, 0.2) is 5.78 Å². The minimum Gasteiger partial charge on any atom is -0.468 e. The summed E-state index contributed by atoms with van der Waals surface area (Å²) in [5, 5.41) is 21.2. The van der Waals surface area contributed by atoms with E-state index in [4.69, 9.17) is 18.9 Å². The molecule has 5 fully saturated rings. The molecule has 8 rings (SSSR count). The van der Waals surface area contributed by atoms with E-state index in [0.717, 1.165) is 37.7 Å². The first-order chi connectivity index (χ1) is 21.5. The lowest BCUT2D eigenvalue weighted by atomic mass is 9.43. The molecule has 0 aromatic carbocycles. The van der Waals surface area contributed by atoms with E-state index in [1.165, 1.54) is 0 Å². The van der Waals surface area contributed by atoms with Crippen LogP contribution in [0.15, 0.2) is 29.6 Å². The van der Waals surface area contributed by atoms with Gasteiger partial charge in [-0.2, -0.15) is 0 Å². The Balaban J connectivity index is 1.05. The summed E-state index contributed by atoms with van der Waals surface area (Å²) in [6.07, 6.45) is 8.94. The van der Waals surface area contributed by atoms with E-state index in [-0.39, 0.29) is 53.9 Å². The summed E-state index contributed by atoms with van der Waals surface area (Å²) in [7, 11) is 0. The summed E-state index contributed by atoms with van der Waals surface area (Å²) in [4.78, 5) is 36.3. The number of Topliss-reactive ketones (excluding diaryl/α,β-unsaturated/α-hetero) is 1. The number of aromatic nitrogens is 2. The number of esters is 1. The number of hydrogen-bond donors (Lipinski definition) is 2. The van der Waals surface area contributed by atoms with Gasteiger partial charge in [0.2, 0.25) is 5.88 Å². The normalized spacial score (nSPS) is 44.5. The number of carbonyl (C=O) groups excluding carboxylic acids is 2. The van der Waals surface area contributed by atoms with Crippen molar-refractivity contribution in [3.8, 4) is 5.88 Å². The van der Waals surface area contributed by atoms with Crippen molar-refractivity contribution in [2.24, 2.45) is 40.4 Å². The number of fused-ring (bicyclic) bond motifs is 4. The second-order valence-corrected chi connectivity index (χ2v) is 15.2. The van der Waals surface area contributed by atoms with Crippen LogP contribution in [0.25, 0.3) is 5.57 Å². The highest BCUT2D eigenvalue weighted by atomic mass is 16.6. The molecule has 10 nitrogen and oxygen atoms in total. The van der Waals surface area contributed by atoms with Gasteiger partial charge < -0.3 is 29.2 Å². The summed E-state index contributed by atoms with van der Waals surface area (Å²) in [5.41, 5.74) is 0.453. The zero-order valence-electron chi connectivity index (χ0n) is 26.5. The van der Waals surface area contributed by atoms with Crippen LogP contribution in [0.1, 0.15) is 71.9 Å². The number of ketones is 1. The van der Waals surface area contributed by atoms with E-state index in [2.05, 4.69) is 23.8 Å². The van der Waals surface area contributed by atoms with E-state index < -0.39 is 17.1 Å². The van der Waals surface area contributed by atoms with E-state index in [9.17, 15) is 19.8 Å². The predicted molar refractivity (Wildman–Crippen MR) is 161 cm³/mol. The highest BCUT2D eigenvalue weighted by molar-refractivity contribution is 6.24. The quantitative estimate of drug-likeness (QED) is 0.359. The molecule has 1 aromatic rings. The number of hydrogen-bond acceptors (Lipinski definition) is 10. The highest BCUT2D eigenvalue weighted by Crippen LogP contribution is 2.73. The average molecular weight is 621 g/mol. The lowest BCUT2D eigenvalue weighted by Crippen LogP contribution is -2.64. The summed E-state index contributed by atoms with van der Waals surface area (Å²) >= 11 is 0. The van der Waals surface area contributed by atoms with Gasteiger partial charge in [-0.05, 0) is 87.0 Å². The van der Waals surface area contributed by atoms with Crippen LogP contribution in [0.4, 0.5) is 0 Å². The van der Waals surface area contributed by atoms with Crippen LogP contribution in [0, 0.1) is 40.4 Å². The Bertz CT molecular complexity index is 1490. The van der Waals surface area contributed by atoms with Crippen LogP contribution < -0.4 is 4.74 Å². The van der Waals surface area contributed by atoms with Gasteiger partial charge in [0.05, 0.1) is 55.0 Å². The molecule has 11 atom stereocenters. The smallest absolute Gasteiger partial charge is 0.336 e. The number of aliphatic hydroxyl groups is 2. The Kier molecular flexibility index (Phi) is 6.72. The van der Waals surface area contributed by atoms with Gasteiger partial charge >= 0.3 is 5.97 Å². The lowest BCUT2D eigenvalue weighted by Gasteiger charge is -2.58. The Morgan fingerprint density at radius 1 is 1.11 bits per heavy atom. The number of aliphatic hydroxyl groups excluding tert-OH is 2. The first kappa shape index (κ1) is 29.7. The van der Waals surface area contributed by atoms with E-state index >= 15 is 0 Å². The van der Waals surface area contributed by atoms with Crippen LogP contribution >= 0.6 is 0 Å². The molecular formula is C35H44N2O8. The van der Waals surface area contributed by atoms with E-state index in [1.807, 2.05) is 13.8 Å². The van der Waals surface area contributed by atoms with Crippen LogP contribution in [0.5, 0.6) is 5.88 Å². The fourth-order valence-corrected chi connectivity index (χ4v) is 11.0. The molecule has 3 saturated carbocycles. The number of nitrogens with zero attached hydrogens (tertiary/aromatic N) is 2. The van der Waals surface area contributed by atoms with Gasteiger partial charge in [0.25, 0.3) is 0 Å². The number of carbonyl (C=O) groups is 2. The van der Waals surface area contributed by atoms with Crippen LogP contribution in [0.3, 0.4) is 0 Å². The third kappa shape index (κ3) is 4.01. The van der Waals surface area contributed by atoms with Crippen molar-refractivity contribution in [2.75, 3.05) is 19.8 Å².